The van der Waals surface area contributed by atoms with Crippen molar-refractivity contribution in [1.29, 1.82) is 0 Å². The summed E-state index contributed by atoms with van der Waals surface area (Å²) in [5.74, 6) is -0.681. The zero-order chi connectivity index (χ0) is 22.3. The molecule has 0 radical (unpaired) electrons. The van der Waals surface area contributed by atoms with E-state index in [9.17, 15) is 14.4 Å². The Balaban J connectivity index is 1.76. The fourth-order valence-corrected chi connectivity index (χ4v) is 3.33. The van der Waals surface area contributed by atoms with Gasteiger partial charge in [-0.1, -0.05) is 32.9 Å². The van der Waals surface area contributed by atoms with E-state index < -0.39 is 12.1 Å². The molecule has 1 unspecified atom stereocenters. The van der Waals surface area contributed by atoms with Gasteiger partial charge in [-0.25, -0.2) is 4.79 Å². The molecule has 7 heteroatoms. The Morgan fingerprint density at radius 2 is 1.70 bits per heavy atom. The first kappa shape index (κ1) is 23.7. The summed E-state index contributed by atoms with van der Waals surface area (Å²) in [6.07, 6.45) is 0.209. The Hall–Kier alpha value is -2.57. The molecular weight excluding hydrogens is 386 g/mol. The van der Waals surface area contributed by atoms with Crippen LogP contribution in [0.25, 0.3) is 0 Å². The third-order valence-corrected chi connectivity index (χ3v) is 5.16. The molecule has 166 valence electrons. The van der Waals surface area contributed by atoms with Gasteiger partial charge in [-0.2, -0.15) is 0 Å². The van der Waals surface area contributed by atoms with E-state index in [4.69, 9.17) is 14.2 Å². The van der Waals surface area contributed by atoms with Crippen LogP contribution in [0.4, 0.5) is 0 Å². The molecule has 1 aliphatic rings. The number of benzene rings is 1. The second kappa shape index (κ2) is 10.5. The summed E-state index contributed by atoms with van der Waals surface area (Å²) < 4.78 is 15.7. The maximum absolute atomic E-state index is 12.5. The molecule has 0 N–H and O–H groups in total. The molecule has 7 nitrogen and oxygen atoms in total. The molecule has 1 heterocycles. The molecule has 0 spiro atoms. The maximum Gasteiger partial charge on any atom is 0.344 e. The number of hydrogen-bond acceptors (Lipinski definition) is 6. The smallest absolute Gasteiger partial charge is 0.344 e. The maximum atomic E-state index is 12.5. The minimum atomic E-state index is -0.900. The minimum Gasteiger partial charge on any atom is -0.482 e. The summed E-state index contributed by atoms with van der Waals surface area (Å²) in [5, 5.41) is 0. The highest BCUT2D eigenvalue weighted by Crippen LogP contribution is 2.24. The highest BCUT2D eigenvalue weighted by molar-refractivity contribution is 5.84. The number of amides is 1. The van der Waals surface area contributed by atoms with Gasteiger partial charge in [-0.3, -0.25) is 9.59 Å². The van der Waals surface area contributed by atoms with E-state index in [2.05, 4.69) is 20.8 Å². The quantitative estimate of drug-likeness (QED) is 0.632. The van der Waals surface area contributed by atoms with Gasteiger partial charge in [0.05, 0.1) is 12.5 Å². The topological polar surface area (TPSA) is 82.1 Å². The monoisotopic (exact) mass is 419 g/mol. The standard InChI is InChI=1S/C23H33NO6/c1-6-28-22(27)17-11-13-24(14-12-17)21(26)16(2)30-20(25)15-29-19-9-7-18(8-10-19)23(3,4)5/h7-10,16-17H,6,11-15H2,1-5H3. The predicted molar refractivity (Wildman–Crippen MR) is 112 cm³/mol. The summed E-state index contributed by atoms with van der Waals surface area (Å²) in [7, 11) is 0. The average molecular weight is 420 g/mol. The largest absolute Gasteiger partial charge is 0.482 e. The number of nitrogens with zero attached hydrogens (tertiary/aromatic N) is 1. The van der Waals surface area contributed by atoms with Crippen molar-refractivity contribution in [2.75, 3.05) is 26.3 Å². The normalized spacial score (nSPS) is 16.0. The molecule has 1 saturated heterocycles. The molecule has 1 aromatic rings. The Morgan fingerprint density at radius 3 is 2.23 bits per heavy atom. The van der Waals surface area contributed by atoms with Gasteiger partial charge in [0, 0.05) is 13.1 Å². The molecule has 30 heavy (non-hydrogen) atoms. The van der Waals surface area contributed by atoms with Gasteiger partial charge in [-0.05, 0) is 49.8 Å². The van der Waals surface area contributed by atoms with E-state index in [1.54, 1.807) is 18.7 Å². The molecule has 0 aliphatic carbocycles. The van der Waals surface area contributed by atoms with Gasteiger partial charge in [0.15, 0.2) is 12.7 Å². The number of esters is 2. The molecule has 0 saturated carbocycles. The van der Waals surface area contributed by atoms with Crippen molar-refractivity contribution in [2.24, 2.45) is 5.92 Å². The fraction of sp³-hybridized carbons (Fsp3) is 0.609. The van der Waals surface area contributed by atoms with Crippen LogP contribution >= 0.6 is 0 Å². The van der Waals surface area contributed by atoms with E-state index in [-0.39, 0.29) is 29.8 Å². The first-order valence-electron chi connectivity index (χ1n) is 10.5. The number of hydrogen-bond donors (Lipinski definition) is 0. The zero-order valence-electron chi connectivity index (χ0n) is 18.6. The van der Waals surface area contributed by atoms with Crippen molar-refractivity contribution < 1.29 is 28.6 Å². The molecule has 1 atom stereocenters. The van der Waals surface area contributed by atoms with E-state index >= 15 is 0 Å². The highest BCUT2D eigenvalue weighted by Gasteiger charge is 2.31. The van der Waals surface area contributed by atoms with Gasteiger partial charge in [0.2, 0.25) is 0 Å². The molecular formula is C23H33NO6. The number of carbonyl (C=O) groups is 3. The Bertz CT molecular complexity index is 729. The summed E-state index contributed by atoms with van der Waals surface area (Å²) in [5.41, 5.74) is 1.21. The first-order chi connectivity index (χ1) is 14.1. The number of rotatable bonds is 7. The van der Waals surface area contributed by atoms with Crippen molar-refractivity contribution in [1.82, 2.24) is 4.90 Å². The van der Waals surface area contributed by atoms with Crippen LogP contribution < -0.4 is 4.74 Å². The summed E-state index contributed by atoms with van der Waals surface area (Å²) >= 11 is 0. The van der Waals surface area contributed by atoms with E-state index in [0.717, 1.165) is 0 Å². The lowest BCUT2D eigenvalue weighted by Gasteiger charge is -2.32. The van der Waals surface area contributed by atoms with Crippen LogP contribution in [0.1, 0.15) is 53.0 Å². The van der Waals surface area contributed by atoms with Crippen molar-refractivity contribution >= 4 is 17.8 Å². The molecule has 1 aromatic carbocycles. The van der Waals surface area contributed by atoms with Crippen LogP contribution in [0.2, 0.25) is 0 Å². The van der Waals surface area contributed by atoms with Crippen LogP contribution in [-0.4, -0.2) is 55.2 Å². The Kier molecular flexibility index (Phi) is 8.26. The van der Waals surface area contributed by atoms with E-state index in [0.29, 0.717) is 38.3 Å². The predicted octanol–water partition coefficient (Wildman–Crippen LogP) is 3.10. The number of carbonyl (C=O) groups excluding carboxylic acids is 3. The second-order valence-corrected chi connectivity index (χ2v) is 8.55. The van der Waals surface area contributed by atoms with Gasteiger partial charge in [0.25, 0.3) is 5.91 Å². The summed E-state index contributed by atoms with van der Waals surface area (Å²) in [6.45, 7) is 10.7. The van der Waals surface area contributed by atoms with Crippen LogP contribution in [0, 0.1) is 5.92 Å². The molecule has 0 aromatic heterocycles. The molecule has 0 bridgehead atoms. The van der Waals surface area contributed by atoms with Gasteiger partial charge >= 0.3 is 11.9 Å². The SMILES string of the molecule is CCOC(=O)C1CCN(C(=O)C(C)OC(=O)COc2ccc(C(C)(C)C)cc2)CC1. The minimum absolute atomic E-state index is 0.0397. The van der Waals surface area contributed by atoms with Crippen LogP contribution in [0.3, 0.4) is 0 Å². The van der Waals surface area contributed by atoms with Gasteiger partial charge < -0.3 is 19.1 Å². The molecule has 1 fully saturated rings. The average Bonchev–Trinajstić information content (AvgIpc) is 2.71. The van der Waals surface area contributed by atoms with Crippen molar-refractivity contribution in [3.63, 3.8) is 0 Å². The Labute approximate surface area is 178 Å². The van der Waals surface area contributed by atoms with Crippen LogP contribution in [0.15, 0.2) is 24.3 Å². The van der Waals surface area contributed by atoms with Gasteiger partial charge in [0.1, 0.15) is 5.75 Å². The Morgan fingerprint density at radius 1 is 1.10 bits per heavy atom. The summed E-state index contributed by atoms with van der Waals surface area (Å²) in [4.78, 5) is 38.0. The van der Waals surface area contributed by atoms with Crippen molar-refractivity contribution in [3.05, 3.63) is 29.8 Å². The number of piperidine rings is 1. The lowest BCUT2D eigenvalue weighted by atomic mass is 9.87. The lowest BCUT2D eigenvalue weighted by molar-refractivity contribution is -0.162. The van der Waals surface area contributed by atoms with Crippen LogP contribution in [-0.2, 0) is 29.3 Å². The second-order valence-electron chi connectivity index (χ2n) is 8.55. The molecule has 2 rings (SSSR count). The van der Waals surface area contributed by atoms with Crippen LogP contribution in [0.5, 0.6) is 5.75 Å². The van der Waals surface area contributed by atoms with E-state index in [1.807, 2.05) is 24.3 Å². The molecule has 1 aliphatic heterocycles. The number of ether oxygens (including phenoxy) is 3. The van der Waals surface area contributed by atoms with E-state index in [1.165, 1.54) is 5.56 Å². The highest BCUT2D eigenvalue weighted by atomic mass is 16.6. The van der Waals surface area contributed by atoms with Gasteiger partial charge in [-0.15, -0.1) is 0 Å². The summed E-state index contributed by atoms with van der Waals surface area (Å²) in [6, 6.07) is 7.56. The van der Waals surface area contributed by atoms with Crippen molar-refractivity contribution in [3.8, 4) is 5.75 Å². The zero-order valence-corrected chi connectivity index (χ0v) is 18.6. The first-order valence-corrected chi connectivity index (χ1v) is 10.5. The fourth-order valence-electron chi connectivity index (χ4n) is 3.33. The molecule has 1 amide bonds. The lowest BCUT2D eigenvalue weighted by Crippen LogP contribution is -2.45. The third kappa shape index (κ3) is 6.75. The third-order valence-electron chi connectivity index (χ3n) is 5.16. The number of likely N-dealkylation sites (tertiary alicyclic amines) is 1. The van der Waals surface area contributed by atoms with Crippen molar-refractivity contribution in [2.45, 2.75) is 59.0 Å².